The standard InChI is InChI=1S/C10H13BrN2OS/c11-9-5-7(6-15-9)10(14)13-8-1-3-12-4-2-8/h5-6,8,12H,1-4H2,(H,13,14). The van der Waals surface area contributed by atoms with Crippen LogP contribution in [0.5, 0.6) is 0 Å². The molecule has 0 aromatic carbocycles. The molecule has 0 saturated carbocycles. The molecule has 1 aromatic rings. The minimum Gasteiger partial charge on any atom is -0.349 e. The summed E-state index contributed by atoms with van der Waals surface area (Å²) in [5, 5.41) is 8.21. The van der Waals surface area contributed by atoms with Crippen molar-refractivity contribution in [1.82, 2.24) is 10.6 Å². The second-order valence-corrected chi connectivity index (χ2v) is 5.93. The Morgan fingerprint density at radius 2 is 2.27 bits per heavy atom. The SMILES string of the molecule is O=C(NC1CCNCC1)c1csc(Br)c1. The van der Waals surface area contributed by atoms with E-state index in [1.165, 1.54) is 11.3 Å². The highest BCUT2D eigenvalue weighted by Gasteiger charge is 2.16. The molecule has 1 saturated heterocycles. The fourth-order valence-corrected chi connectivity index (χ4v) is 2.80. The maximum Gasteiger partial charge on any atom is 0.252 e. The van der Waals surface area contributed by atoms with Gasteiger partial charge in [-0.2, -0.15) is 0 Å². The fraction of sp³-hybridized carbons (Fsp3) is 0.500. The Morgan fingerprint density at radius 3 is 2.87 bits per heavy atom. The molecule has 1 aliphatic heterocycles. The molecule has 0 spiro atoms. The normalized spacial score (nSPS) is 17.7. The quantitative estimate of drug-likeness (QED) is 0.874. The van der Waals surface area contributed by atoms with Gasteiger partial charge in [0, 0.05) is 11.4 Å². The van der Waals surface area contributed by atoms with E-state index in [-0.39, 0.29) is 5.91 Å². The highest BCUT2D eigenvalue weighted by atomic mass is 79.9. The zero-order chi connectivity index (χ0) is 10.7. The molecule has 1 aromatic heterocycles. The van der Waals surface area contributed by atoms with Crippen LogP contribution in [0.15, 0.2) is 15.2 Å². The van der Waals surface area contributed by atoms with E-state index in [0.29, 0.717) is 6.04 Å². The molecule has 0 bridgehead atoms. The summed E-state index contributed by atoms with van der Waals surface area (Å²) in [5.74, 6) is 0.0452. The van der Waals surface area contributed by atoms with Crippen molar-refractivity contribution in [3.63, 3.8) is 0 Å². The Bertz CT molecular complexity index is 347. The minimum absolute atomic E-state index is 0.0452. The summed E-state index contributed by atoms with van der Waals surface area (Å²) in [4.78, 5) is 11.8. The first-order valence-corrected chi connectivity index (χ1v) is 6.68. The summed E-state index contributed by atoms with van der Waals surface area (Å²) in [5.41, 5.74) is 0.755. The molecule has 82 valence electrons. The number of rotatable bonds is 2. The van der Waals surface area contributed by atoms with Crippen molar-refractivity contribution in [2.75, 3.05) is 13.1 Å². The van der Waals surface area contributed by atoms with Crippen molar-refractivity contribution in [2.45, 2.75) is 18.9 Å². The van der Waals surface area contributed by atoms with Crippen molar-refractivity contribution in [3.05, 3.63) is 20.8 Å². The first-order valence-electron chi connectivity index (χ1n) is 5.01. The van der Waals surface area contributed by atoms with E-state index in [9.17, 15) is 4.79 Å². The fourth-order valence-electron chi connectivity index (χ4n) is 1.66. The van der Waals surface area contributed by atoms with Crippen molar-refractivity contribution >= 4 is 33.2 Å². The molecule has 2 heterocycles. The van der Waals surface area contributed by atoms with Gasteiger partial charge in [0.05, 0.1) is 9.35 Å². The van der Waals surface area contributed by atoms with Gasteiger partial charge in [-0.05, 0) is 47.9 Å². The lowest BCUT2D eigenvalue weighted by atomic mass is 10.1. The minimum atomic E-state index is 0.0452. The maximum absolute atomic E-state index is 11.8. The zero-order valence-electron chi connectivity index (χ0n) is 8.25. The number of carbonyl (C=O) groups is 1. The molecule has 0 unspecified atom stereocenters. The first-order chi connectivity index (χ1) is 7.25. The van der Waals surface area contributed by atoms with Crippen molar-refractivity contribution in [2.24, 2.45) is 0 Å². The third-order valence-electron chi connectivity index (χ3n) is 2.50. The number of thiophene rings is 1. The van der Waals surface area contributed by atoms with Gasteiger partial charge in [-0.15, -0.1) is 11.3 Å². The van der Waals surface area contributed by atoms with E-state index in [4.69, 9.17) is 0 Å². The van der Waals surface area contributed by atoms with Crippen LogP contribution >= 0.6 is 27.3 Å². The molecule has 2 rings (SSSR count). The molecular weight excluding hydrogens is 276 g/mol. The van der Waals surface area contributed by atoms with Gasteiger partial charge >= 0.3 is 0 Å². The van der Waals surface area contributed by atoms with Crippen LogP contribution < -0.4 is 10.6 Å². The number of halogens is 1. The summed E-state index contributed by atoms with van der Waals surface area (Å²) in [6, 6.07) is 2.19. The average molecular weight is 289 g/mol. The summed E-state index contributed by atoms with van der Waals surface area (Å²) >= 11 is 4.89. The molecule has 3 nitrogen and oxygen atoms in total. The van der Waals surface area contributed by atoms with E-state index in [1.54, 1.807) is 0 Å². The van der Waals surface area contributed by atoms with Crippen molar-refractivity contribution in [1.29, 1.82) is 0 Å². The monoisotopic (exact) mass is 288 g/mol. The lowest BCUT2D eigenvalue weighted by Crippen LogP contribution is -2.42. The van der Waals surface area contributed by atoms with Crippen molar-refractivity contribution < 1.29 is 4.79 Å². The molecule has 0 atom stereocenters. The lowest BCUT2D eigenvalue weighted by Gasteiger charge is -2.23. The van der Waals surface area contributed by atoms with E-state index in [0.717, 1.165) is 35.3 Å². The predicted octanol–water partition coefficient (Wildman–Crippen LogP) is 1.99. The number of carbonyl (C=O) groups excluding carboxylic acids is 1. The van der Waals surface area contributed by atoms with Crippen LogP contribution in [0.1, 0.15) is 23.2 Å². The van der Waals surface area contributed by atoms with E-state index < -0.39 is 0 Å². The van der Waals surface area contributed by atoms with E-state index >= 15 is 0 Å². The van der Waals surface area contributed by atoms with E-state index in [1.807, 2.05) is 11.4 Å². The third kappa shape index (κ3) is 3.03. The number of amides is 1. The van der Waals surface area contributed by atoms with Crippen LogP contribution in [0.4, 0.5) is 0 Å². The Morgan fingerprint density at radius 1 is 1.53 bits per heavy atom. The van der Waals surface area contributed by atoms with Crippen LogP contribution in [-0.4, -0.2) is 25.0 Å². The predicted molar refractivity (Wildman–Crippen MR) is 65.4 cm³/mol. The number of hydrogen-bond donors (Lipinski definition) is 2. The lowest BCUT2D eigenvalue weighted by molar-refractivity contribution is 0.0930. The number of piperidine rings is 1. The summed E-state index contributed by atoms with van der Waals surface area (Å²) in [6.07, 6.45) is 2.05. The smallest absolute Gasteiger partial charge is 0.252 e. The first kappa shape index (κ1) is 11.1. The van der Waals surface area contributed by atoms with Gasteiger partial charge < -0.3 is 10.6 Å². The Labute approximate surface area is 101 Å². The molecule has 1 aliphatic rings. The number of hydrogen-bond acceptors (Lipinski definition) is 3. The van der Waals surface area contributed by atoms with Crippen molar-refractivity contribution in [3.8, 4) is 0 Å². The van der Waals surface area contributed by atoms with Gasteiger partial charge in [-0.3, -0.25) is 4.79 Å². The second-order valence-electron chi connectivity index (χ2n) is 3.64. The summed E-state index contributed by atoms with van der Waals surface area (Å²) < 4.78 is 0.998. The zero-order valence-corrected chi connectivity index (χ0v) is 10.7. The number of nitrogens with one attached hydrogen (secondary N) is 2. The Kier molecular flexibility index (Phi) is 3.77. The largest absolute Gasteiger partial charge is 0.349 e. The Balaban J connectivity index is 1.91. The molecule has 1 fully saturated rings. The molecular formula is C10H13BrN2OS. The second kappa shape index (κ2) is 5.09. The van der Waals surface area contributed by atoms with Gasteiger partial charge in [-0.25, -0.2) is 0 Å². The molecule has 1 amide bonds. The van der Waals surface area contributed by atoms with Gasteiger partial charge in [0.15, 0.2) is 0 Å². The highest BCUT2D eigenvalue weighted by Crippen LogP contribution is 2.20. The molecule has 5 heteroatoms. The highest BCUT2D eigenvalue weighted by molar-refractivity contribution is 9.11. The Hall–Kier alpha value is -0.390. The van der Waals surface area contributed by atoms with Gasteiger partial charge in [0.2, 0.25) is 0 Å². The summed E-state index contributed by atoms with van der Waals surface area (Å²) in [6.45, 7) is 2.00. The topological polar surface area (TPSA) is 41.1 Å². The third-order valence-corrected chi connectivity index (χ3v) is 4.01. The van der Waals surface area contributed by atoms with Crippen LogP contribution in [0, 0.1) is 0 Å². The van der Waals surface area contributed by atoms with Gasteiger partial charge in [0.1, 0.15) is 0 Å². The van der Waals surface area contributed by atoms with Crippen LogP contribution in [0.25, 0.3) is 0 Å². The summed E-state index contributed by atoms with van der Waals surface area (Å²) in [7, 11) is 0. The van der Waals surface area contributed by atoms with Gasteiger partial charge in [0.25, 0.3) is 5.91 Å². The molecule has 15 heavy (non-hydrogen) atoms. The van der Waals surface area contributed by atoms with E-state index in [2.05, 4.69) is 26.6 Å². The van der Waals surface area contributed by atoms with Crippen LogP contribution in [0.2, 0.25) is 0 Å². The molecule has 0 radical (unpaired) electrons. The molecule has 2 N–H and O–H groups in total. The maximum atomic E-state index is 11.8. The molecule has 0 aliphatic carbocycles. The van der Waals surface area contributed by atoms with Crippen LogP contribution in [0.3, 0.4) is 0 Å². The van der Waals surface area contributed by atoms with Gasteiger partial charge in [-0.1, -0.05) is 0 Å². The van der Waals surface area contributed by atoms with Crippen LogP contribution in [-0.2, 0) is 0 Å². The average Bonchev–Trinajstić information content (AvgIpc) is 2.66.